The Morgan fingerprint density at radius 3 is 2.79 bits per heavy atom. The van der Waals surface area contributed by atoms with Gasteiger partial charge in [0.1, 0.15) is 5.76 Å². The Labute approximate surface area is 83.3 Å². The van der Waals surface area contributed by atoms with Gasteiger partial charge in [-0.3, -0.25) is 0 Å². The van der Waals surface area contributed by atoms with Crippen molar-refractivity contribution in [1.29, 1.82) is 5.26 Å². The molecule has 2 heterocycles. The maximum Gasteiger partial charge on any atom is 0.115 e. The quantitative estimate of drug-likeness (QED) is 0.735. The SMILES string of the molecule is CCC(C#N)C1(c2ccco2)COC1. The minimum Gasteiger partial charge on any atom is -0.469 e. The molecule has 0 amide bonds. The van der Waals surface area contributed by atoms with Crippen molar-refractivity contribution in [3.63, 3.8) is 0 Å². The molecule has 2 rings (SSSR count). The summed E-state index contributed by atoms with van der Waals surface area (Å²) in [5.74, 6) is 0.875. The van der Waals surface area contributed by atoms with Crippen molar-refractivity contribution in [2.24, 2.45) is 5.92 Å². The summed E-state index contributed by atoms with van der Waals surface area (Å²) in [4.78, 5) is 0. The molecule has 1 aromatic heterocycles. The normalized spacial score (nSPS) is 20.9. The Hall–Kier alpha value is -1.27. The third-order valence-electron chi connectivity index (χ3n) is 2.96. The lowest BCUT2D eigenvalue weighted by atomic mass is 9.71. The molecule has 0 bridgehead atoms. The van der Waals surface area contributed by atoms with Gasteiger partial charge in [-0.25, -0.2) is 0 Å². The van der Waals surface area contributed by atoms with Crippen LogP contribution in [0.3, 0.4) is 0 Å². The molecule has 1 unspecified atom stereocenters. The summed E-state index contributed by atoms with van der Waals surface area (Å²) in [6.45, 7) is 3.23. The van der Waals surface area contributed by atoms with Gasteiger partial charge in [0, 0.05) is 0 Å². The lowest BCUT2D eigenvalue weighted by Gasteiger charge is -2.42. The summed E-state index contributed by atoms with van der Waals surface area (Å²) in [5, 5.41) is 9.08. The van der Waals surface area contributed by atoms with Crippen molar-refractivity contribution < 1.29 is 9.15 Å². The van der Waals surface area contributed by atoms with E-state index in [4.69, 9.17) is 14.4 Å². The van der Waals surface area contributed by atoms with E-state index in [0.29, 0.717) is 13.2 Å². The van der Waals surface area contributed by atoms with E-state index in [0.717, 1.165) is 12.2 Å². The molecule has 1 aromatic rings. The molecule has 1 fully saturated rings. The van der Waals surface area contributed by atoms with E-state index >= 15 is 0 Å². The number of rotatable bonds is 3. The van der Waals surface area contributed by atoms with Crippen LogP contribution in [0.25, 0.3) is 0 Å². The molecular weight excluding hydrogens is 178 g/mol. The van der Waals surface area contributed by atoms with Crippen LogP contribution in [0.1, 0.15) is 19.1 Å². The standard InChI is InChI=1S/C11H13NO2/c1-2-9(6-12)11(7-13-8-11)10-4-3-5-14-10/h3-5,9H,2,7-8H2,1H3. The average molecular weight is 191 g/mol. The van der Waals surface area contributed by atoms with Crippen LogP contribution in [0.4, 0.5) is 0 Å². The average Bonchev–Trinajstić information content (AvgIpc) is 2.63. The van der Waals surface area contributed by atoms with Gasteiger partial charge in [-0.15, -0.1) is 0 Å². The molecule has 0 aliphatic carbocycles. The molecule has 3 heteroatoms. The monoisotopic (exact) mass is 191 g/mol. The lowest BCUT2D eigenvalue weighted by molar-refractivity contribution is -0.0903. The zero-order valence-corrected chi connectivity index (χ0v) is 8.19. The summed E-state index contributed by atoms with van der Waals surface area (Å²) in [6.07, 6.45) is 2.49. The number of hydrogen-bond donors (Lipinski definition) is 0. The summed E-state index contributed by atoms with van der Waals surface area (Å²) < 4.78 is 10.6. The molecule has 0 aromatic carbocycles. The predicted octanol–water partition coefficient (Wildman–Crippen LogP) is 2.10. The van der Waals surface area contributed by atoms with Crippen LogP contribution < -0.4 is 0 Å². The third kappa shape index (κ3) is 1.15. The zero-order chi connectivity index (χ0) is 10.0. The molecule has 14 heavy (non-hydrogen) atoms. The van der Waals surface area contributed by atoms with E-state index in [9.17, 15) is 0 Å². The van der Waals surface area contributed by atoms with Crippen molar-refractivity contribution >= 4 is 0 Å². The largest absolute Gasteiger partial charge is 0.469 e. The maximum atomic E-state index is 9.08. The molecule has 0 spiro atoms. The molecule has 74 valence electrons. The Morgan fingerprint density at radius 2 is 2.43 bits per heavy atom. The van der Waals surface area contributed by atoms with Crippen molar-refractivity contribution in [2.45, 2.75) is 18.8 Å². The molecule has 0 radical (unpaired) electrons. The second-order valence-corrected chi connectivity index (χ2v) is 3.72. The van der Waals surface area contributed by atoms with Gasteiger partial charge >= 0.3 is 0 Å². The summed E-state index contributed by atoms with van der Waals surface area (Å²) >= 11 is 0. The molecule has 0 saturated carbocycles. The highest BCUT2D eigenvalue weighted by atomic mass is 16.5. The van der Waals surface area contributed by atoms with Crippen LogP contribution in [0.15, 0.2) is 22.8 Å². The Bertz CT molecular complexity index is 333. The highest BCUT2D eigenvalue weighted by Gasteiger charge is 2.49. The van der Waals surface area contributed by atoms with Gasteiger partial charge in [-0.1, -0.05) is 6.92 Å². The number of nitriles is 1. The first-order valence-electron chi connectivity index (χ1n) is 4.85. The predicted molar refractivity (Wildman–Crippen MR) is 50.6 cm³/mol. The Kier molecular flexibility index (Phi) is 2.30. The van der Waals surface area contributed by atoms with Gasteiger partial charge < -0.3 is 9.15 Å². The summed E-state index contributed by atoms with van der Waals surface area (Å²) in [5.41, 5.74) is -0.188. The van der Waals surface area contributed by atoms with Gasteiger partial charge in [0.15, 0.2) is 0 Å². The van der Waals surface area contributed by atoms with Crippen LogP contribution in [0.5, 0.6) is 0 Å². The summed E-state index contributed by atoms with van der Waals surface area (Å²) in [7, 11) is 0. The minimum absolute atomic E-state index is 0.0117. The first kappa shape index (κ1) is 9.29. The first-order valence-corrected chi connectivity index (χ1v) is 4.85. The van der Waals surface area contributed by atoms with Crippen LogP contribution in [-0.2, 0) is 10.2 Å². The zero-order valence-electron chi connectivity index (χ0n) is 8.19. The van der Waals surface area contributed by atoms with Crippen molar-refractivity contribution in [1.82, 2.24) is 0 Å². The van der Waals surface area contributed by atoms with E-state index < -0.39 is 0 Å². The highest BCUT2D eigenvalue weighted by Crippen LogP contribution is 2.40. The second-order valence-electron chi connectivity index (χ2n) is 3.72. The van der Waals surface area contributed by atoms with E-state index in [1.54, 1.807) is 6.26 Å². The van der Waals surface area contributed by atoms with E-state index in [-0.39, 0.29) is 11.3 Å². The van der Waals surface area contributed by atoms with Gasteiger partial charge in [0.2, 0.25) is 0 Å². The Morgan fingerprint density at radius 1 is 1.64 bits per heavy atom. The first-order chi connectivity index (χ1) is 6.83. The van der Waals surface area contributed by atoms with Crippen LogP contribution >= 0.6 is 0 Å². The third-order valence-corrected chi connectivity index (χ3v) is 2.96. The number of hydrogen-bond acceptors (Lipinski definition) is 3. The number of ether oxygens (including phenoxy) is 1. The lowest BCUT2D eigenvalue weighted by Crippen LogP contribution is -2.51. The minimum atomic E-state index is -0.188. The van der Waals surface area contributed by atoms with Gasteiger partial charge in [0.05, 0.1) is 36.9 Å². The second kappa shape index (κ2) is 3.47. The maximum absolute atomic E-state index is 9.08. The molecule has 1 saturated heterocycles. The molecule has 1 aliphatic rings. The number of furan rings is 1. The van der Waals surface area contributed by atoms with E-state index in [1.807, 2.05) is 19.1 Å². The molecule has 1 atom stereocenters. The van der Waals surface area contributed by atoms with Gasteiger partial charge in [-0.05, 0) is 18.6 Å². The Balaban J connectivity index is 2.31. The molecule has 1 aliphatic heterocycles. The summed E-state index contributed by atoms with van der Waals surface area (Å²) in [6, 6.07) is 6.14. The molecular formula is C11H13NO2. The highest BCUT2D eigenvalue weighted by molar-refractivity contribution is 5.23. The van der Waals surface area contributed by atoms with Crippen LogP contribution in [0, 0.1) is 17.2 Å². The van der Waals surface area contributed by atoms with Crippen molar-refractivity contribution in [3.05, 3.63) is 24.2 Å². The topological polar surface area (TPSA) is 46.2 Å². The fraction of sp³-hybridized carbons (Fsp3) is 0.545. The fourth-order valence-corrected chi connectivity index (χ4v) is 2.00. The van der Waals surface area contributed by atoms with Gasteiger partial charge in [-0.2, -0.15) is 5.26 Å². The van der Waals surface area contributed by atoms with E-state index in [1.165, 1.54) is 0 Å². The van der Waals surface area contributed by atoms with Gasteiger partial charge in [0.25, 0.3) is 0 Å². The van der Waals surface area contributed by atoms with Crippen molar-refractivity contribution in [3.8, 4) is 6.07 Å². The molecule has 0 N–H and O–H groups in total. The van der Waals surface area contributed by atoms with Crippen molar-refractivity contribution in [2.75, 3.05) is 13.2 Å². The number of nitrogens with zero attached hydrogens (tertiary/aromatic N) is 1. The van der Waals surface area contributed by atoms with Crippen LogP contribution in [-0.4, -0.2) is 13.2 Å². The molecule has 3 nitrogen and oxygen atoms in total. The fourth-order valence-electron chi connectivity index (χ4n) is 2.00. The van der Waals surface area contributed by atoms with E-state index in [2.05, 4.69) is 6.07 Å². The van der Waals surface area contributed by atoms with Crippen LogP contribution in [0.2, 0.25) is 0 Å². The smallest absolute Gasteiger partial charge is 0.115 e.